The lowest BCUT2D eigenvalue weighted by Gasteiger charge is -2.27. The molecule has 6 nitrogen and oxygen atoms in total. The van der Waals surface area contributed by atoms with Crippen LogP contribution in [0.3, 0.4) is 0 Å². The second-order valence-corrected chi connectivity index (χ2v) is 11.2. The predicted octanol–water partition coefficient (Wildman–Crippen LogP) is 5.95. The van der Waals surface area contributed by atoms with Crippen LogP contribution in [0.2, 0.25) is 0 Å². The van der Waals surface area contributed by atoms with Crippen molar-refractivity contribution in [3.05, 3.63) is 58.7 Å². The number of carbonyl (C=O) groups is 1. The van der Waals surface area contributed by atoms with Gasteiger partial charge in [-0.3, -0.25) is 4.79 Å². The summed E-state index contributed by atoms with van der Waals surface area (Å²) in [7, 11) is 1.53. The van der Waals surface area contributed by atoms with Crippen LogP contribution in [0.1, 0.15) is 68.8 Å². The highest BCUT2D eigenvalue weighted by Gasteiger charge is 2.38. The lowest BCUT2D eigenvalue weighted by atomic mass is 9.85. The Morgan fingerprint density at radius 1 is 1.18 bits per heavy atom. The first kappa shape index (κ1) is 26.5. The molecule has 2 aliphatic heterocycles. The molecule has 1 aliphatic carbocycles. The van der Waals surface area contributed by atoms with Gasteiger partial charge in [-0.15, -0.1) is 0 Å². The highest BCUT2D eigenvalue weighted by molar-refractivity contribution is 5.96. The fraction of sp³-hybridized carbons (Fsp3) is 0.500. The minimum absolute atomic E-state index is 0.177. The summed E-state index contributed by atoms with van der Waals surface area (Å²) in [5.74, 6) is -0.281. The normalized spacial score (nSPS) is 23.7. The largest absolute Gasteiger partial charge is 0.493 e. The summed E-state index contributed by atoms with van der Waals surface area (Å²) in [6.07, 6.45) is 7.59. The van der Waals surface area contributed by atoms with Crippen molar-refractivity contribution >= 4 is 12.0 Å². The molecule has 1 amide bonds. The van der Waals surface area contributed by atoms with E-state index in [1.807, 2.05) is 6.92 Å². The number of halogens is 2. The molecule has 0 radical (unpaired) electrons. The van der Waals surface area contributed by atoms with Crippen molar-refractivity contribution < 1.29 is 27.8 Å². The number of amides is 1. The van der Waals surface area contributed by atoms with Gasteiger partial charge in [0.2, 0.25) is 11.5 Å². The topological polar surface area (TPSA) is 60.0 Å². The van der Waals surface area contributed by atoms with E-state index in [2.05, 4.69) is 5.32 Å². The summed E-state index contributed by atoms with van der Waals surface area (Å²) in [6, 6.07) is 7.57. The molecule has 2 aromatic rings. The molecule has 1 saturated heterocycles. The number of carbonyl (C=O) groups excluding carboxylic acids is 1. The number of nitrogens with one attached hydrogen (secondary N) is 1. The minimum atomic E-state index is -0.862. The maximum absolute atomic E-state index is 14.3. The molecule has 38 heavy (non-hydrogen) atoms. The summed E-state index contributed by atoms with van der Waals surface area (Å²) in [5, 5.41) is 3.76. The molecule has 0 bridgehead atoms. The Bertz CT molecular complexity index is 1230. The zero-order valence-electron chi connectivity index (χ0n) is 22.5. The van der Waals surface area contributed by atoms with Crippen molar-refractivity contribution in [1.29, 1.82) is 0 Å². The highest BCUT2D eigenvalue weighted by Crippen LogP contribution is 2.47. The molecule has 2 aromatic carbocycles. The fourth-order valence-corrected chi connectivity index (χ4v) is 6.03. The maximum Gasteiger partial charge on any atom is 0.254 e. The molecule has 1 saturated carbocycles. The van der Waals surface area contributed by atoms with E-state index in [1.54, 1.807) is 37.0 Å². The van der Waals surface area contributed by atoms with Crippen LogP contribution in [0.25, 0.3) is 6.08 Å². The number of fused-ring (bicyclic) bond motifs is 2. The van der Waals surface area contributed by atoms with Gasteiger partial charge in [0.25, 0.3) is 5.91 Å². The molecule has 0 aromatic heterocycles. The number of rotatable bonds is 7. The number of hydrogen-bond acceptors (Lipinski definition) is 5. The molecule has 1 N–H and O–H groups in total. The molecule has 2 fully saturated rings. The predicted molar refractivity (Wildman–Crippen MR) is 142 cm³/mol. The Morgan fingerprint density at radius 2 is 1.97 bits per heavy atom. The monoisotopic (exact) mass is 526 g/mol. The first-order valence-corrected chi connectivity index (χ1v) is 13.4. The van der Waals surface area contributed by atoms with Crippen molar-refractivity contribution in [2.45, 2.75) is 70.7 Å². The van der Waals surface area contributed by atoms with E-state index in [0.717, 1.165) is 18.1 Å². The van der Waals surface area contributed by atoms with Gasteiger partial charge in [0.05, 0.1) is 7.11 Å². The van der Waals surface area contributed by atoms with E-state index in [-0.39, 0.29) is 17.5 Å². The van der Waals surface area contributed by atoms with Gasteiger partial charge in [0, 0.05) is 56.2 Å². The standard InChI is InChI=1S/C30H36F2N2O4/c1-18(11-19-9-10-22(31)15-24(19)32)16-34(17-23-12-20-7-5-6-8-25(20)33-23)29(35)21-13-26(36-4)28-27(14-21)37-30(2,3)38-28/h9-11,13-15,20,23,25,33H,5-8,12,16-17H2,1-4H3/b18-11+/t20-,23-,25-/m0/s1. The van der Waals surface area contributed by atoms with E-state index in [1.165, 1.54) is 44.9 Å². The third-order valence-electron chi connectivity index (χ3n) is 7.67. The van der Waals surface area contributed by atoms with Crippen LogP contribution in [0.15, 0.2) is 35.9 Å². The Morgan fingerprint density at radius 3 is 2.71 bits per heavy atom. The lowest BCUT2D eigenvalue weighted by Crippen LogP contribution is -2.43. The summed E-state index contributed by atoms with van der Waals surface area (Å²) in [5.41, 5.74) is 1.50. The van der Waals surface area contributed by atoms with Gasteiger partial charge in [-0.25, -0.2) is 8.78 Å². The molecule has 0 spiro atoms. The molecule has 3 atom stereocenters. The first-order valence-electron chi connectivity index (χ1n) is 13.4. The lowest BCUT2D eigenvalue weighted by molar-refractivity contribution is -0.0439. The Hall–Kier alpha value is -3.13. The van der Waals surface area contributed by atoms with E-state index in [0.29, 0.717) is 47.9 Å². The number of methoxy groups -OCH3 is 1. The van der Waals surface area contributed by atoms with Crippen molar-refractivity contribution in [3.63, 3.8) is 0 Å². The third kappa shape index (κ3) is 5.65. The molecule has 2 heterocycles. The van der Waals surface area contributed by atoms with E-state index in [9.17, 15) is 13.6 Å². The van der Waals surface area contributed by atoms with Crippen LogP contribution < -0.4 is 19.5 Å². The highest BCUT2D eigenvalue weighted by atomic mass is 19.1. The van der Waals surface area contributed by atoms with Gasteiger partial charge >= 0.3 is 0 Å². The Kier molecular flexibility index (Phi) is 7.36. The quantitative estimate of drug-likeness (QED) is 0.483. The van der Waals surface area contributed by atoms with Crippen LogP contribution in [0, 0.1) is 17.6 Å². The van der Waals surface area contributed by atoms with Gasteiger partial charge < -0.3 is 24.4 Å². The Labute approximate surface area is 222 Å². The zero-order chi connectivity index (χ0) is 27.0. The van der Waals surface area contributed by atoms with Crippen molar-refractivity contribution in [2.24, 2.45) is 5.92 Å². The summed E-state index contributed by atoms with van der Waals surface area (Å²) < 4.78 is 45.0. The van der Waals surface area contributed by atoms with Gasteiger partial charge in [-0.1, -0.05) is 24.5 Å². The van der Waals surface area contributed by atoms with E-state index in [4.69, 9.17) is 14.2 Å². The molecular formula is C30H36F2N2O4. The third-order valence-corrected chi connectivity index (χ3v) is 7.67. The molecule has 5 rings (SSSR count). The summed E-state index contributed by atoms with van der Waals surface area (Å²) in [6.45, 7) is 6.27. The van der Waals surface area contributed by atoms with Gasteiger partial charge in [0.1, 0.15) is 11.6 Å². The first-order chi connectivity index (χ1) is 18.1. The average molecular weight is 527 g/mol. The summed E-state index contributed by atoms with van der Waals surface area (Å²) in [4.78, 5) is 15.8. The van der Waals surface area contributed by atoms with Crippen LogP contribution in [-0.4, -0.2) is 48.9 Å². The van der Waals surface area contributed by atoms with Crippen molar-refractivity contribution in [2.75, 3.05) is 20.2 Å². The van der Waals surface area contributed by atoms with Crippen LogP contribution in [0.4, 0.5) is 8.78 Å². The molecular weight excluding hydrogens is 490 g/mol. The van der Waals surface area contributed by atoms with Gasteiger partial charge in [0.15, 0.2) is 11.5 Å². The number of ether oxygens (including phenoxy) is 3. The minimum Gasteiger partial charge on any atom is -0.493 e. The number of benzene rings is 2. The van der Waals surface area contributed by atoms with Crippen molar-refractivity contribution in [1.82, 2.24) is 10.2 Å². The van der Waals surface area contributed by atoms with E-state index < -0.39 is 17.4 Å². The number of nitrogens with zero attached hydrogens (tertiary/aromatic N) is 1. The fourth-order valence-electron chi connectivity index (χ4n) is 6.03. The number of hydrogen-bond donors (Lipinski definition) is 1. The Balaban J connectivity index is 1.42. The smallest absolute Gasteiger partial charge is 0.254 e. The maximum atomic E-state index is 14.3. The SMILES string of the molecule is COc1cc(C(=O)N(C/C(C)=C/c2ccc(F)cc2F)C[C@@H]2C[C@@H]3CCCC[C@@H]3N2)cc2c1OC(C)(C)O2. The summed E-state index contributed by atoms with van der Waals surface area (Å²) >= 11 is 0. The van der Waals surface area contributed by atoms with Gasteiger partial charge in [-0.2, -0.15) is 0 Å². The van der Waals surface area contributed by atoms with Crippen molar-refractivity contribution in [3.8, 4) is 17.2 Å². The second-order valence-electron chi connectivity index (χ2n) is 11.2. The molecule has 0 unspecified atom stereocenters. The zero-order valence-corrected chi connectivity index (χ0v) is 22.5. The van der Waals surface area contributed by atoms with Crippen LogP contribution >= 0.6 is 0 Å². The molecule has 3 aliphatic rings. The second kappa shape index (κ2) is 10.6. The molecule has 8 heteroatoms. The van der Waals surface area contributed by atoms with E-state index >= 15 is 0 Å². The van der Waals surface area contributed by atoms with Crippen LogP contribution in [0.5, 0.6) is 17.2 Å². The molecule has 204 valence electrons. The van der Waals surface area contributed by atoms with Crippen LogP contribution in [-0.2, 0) is 0 Å². The average Bonchev–Trinajstić information content (AvgIpc) is 3.42. The van der Waals surface area contributed by atoms with Gasteiger partial charge in [-0.05, 0) is 56.4 Å².